The standard InChI is InChI=1S/C13H21ClN2O3S/c1-3-16-12(13(14)9(2)15-16)7-11(17)6-10-4-5-20(18,19)8-10/h10-11,17H,3-8H2,1-2H3. The van der Waals surface area contributed by atoms with Gasteiger partial charge in [-0.05, 0) is 32.6 Å². The van der Waals surface area contributed by atoms with Gasteiger partial charge in [0.05, 0.1) is 34.0 Å². The first-order chi connectivity index (χ1) is 9.32. The molecule has 7 heteroatoms. The molecule has 20 heavy (non-hydrogen) atoms. The lowest BCUT2D eigenvalue weighted by atomic mass is 9.98. The Bertz CT molecular complexity index is 583. The van der Waals surface area contributed by atoms with Crippen LogP contribution in [0.4, 0.5) is 0 Å². The number of halogens is 1. The third-order valence-electron chi connectivity index (χ3n) is 3.81. The largest absolute Gasteiger partial charge is 0.393 e. The molecule has 2 atom stereocenters. The highest BCUT2D eigenvalue weighted by atomic mass is 35.5. The first-order valence-corrected chi connectivity index (χ1v) is 9.12. The summed E-state index contributed by atoms with van der Waals surface area (Å²) in [6.07, 6.45) is 0.999. The van der Waals surface area contributed by atoms with Gasteiger partial charge < -0.3 is 5.11 Å². The molecular weight excluding hydrogens is 300 g/mol. The third-order valence-corrected chi connectivity index (χ3v) is 6.14. The molecule has 0 aromatic carbocycles. The van der Waals surface area contributed by atoms with E-state index in [4.69, 9.17) is 11.6 Å². The van der Waals surface area contributed by atoms with Crippen LogP contribution in [-0.4, -0.2) is 40.9 Å². The SMILES string of the molecule is CCn1nc(C)c(Cl)c1CC(O)CC1CCS(=O)(=O)C1. The van der Waals surface area contributed by atoms with E-state index in [9.17, 15) is 13.5 Å². The van der Waals surface area contributed by atoms with E-state index in [0.717, 1.165) is 11.4 Å². The van der Waals surface area contributed by atoms with Crippen LogP contribution in [0, 0.1) is 12.8 Å². The van der Waals surface area contributed by atoms with Crippen LogP contribution in [0.2, 0.25) is 5.02 Å². The maximum absolute atomic E-state index is 11.4. The van der Waals surface area contributed by atoms with Crippen LogP contribution in [0.15, 0.2) is 0 Å². The lowest BCUT2D eigenvalue weighted by molar-refractivity contribution is 0.144. The molecule has 5 nitrogen and oxygen atoms in total. The molecule has 2 unspecified atom stereocenters. The molecule has 0 spiro atoms. The molecule has 0 amide bonds. The Kier molecular flexibility index (Phi) is 4.76. The third kappa shape index (κ3) is 3.54. The van der Waals surface area contributed by atoms with E-state index in [1.807, 2.05) is 13.8 Å². The molecule has 1 aliphatic heterocycles. The Labute approximate surface area is 124 Å². The molecular formula is C13H21ClN2O3S. The Morgan fingerprint density at radius 2 is 2.25 bits per heavy atom. The molecule has 0 bridgehead atoms. The quantitative estimate of drug-likeness (QED) is 0.894. The van der Waals surface area contributed by atoms with E-state index in [2.05, 4.69) is 5.10 Å². The van der Waals surface area contributed by atoms with Gasteiger partial charge in [0.2, 0.25) is 0 Å². The predicted octanol–water partition coefficient (Wildman–Crippen LogP) is 1.59. The fraction of sp³-hybridized carbons (Fsp3) is 0.769. The van der Waals surface area contributed by atoms with Crippen LogP contribution in [0.25, 0.3) is 0 Å². The minimum absolute atomic E-state index is 0.0628. The molecule has 1 fully saturated rings. The van der Waals surface area contributed by atoms with Gasteiger partial charge in [0, 0.05) is 13.0 Å². The molecule has 1 aromatic heterocycles. The van der Waals surface area contributed by atoms with Crippen LogP contribution < -0.4 is 0 Å². The van der Waals surface area contributed by atoms with Gasteiger partial charge >= 0.3 is 0 Å². The number of nitrogens with zero attached hydrogens (tertiary/aromatic N) is 2. The fourth-order valence-electron chi connectivity index (χ4n) is 2.81. The van der Waals surface area contributed by atoms with Gasteiger partial charge in [-0.2, -0.15) is 5.10 Å². The number of aliphatic hydroxyl groups excluding tert-OH is 1. The topological polar surface area (TPSA) is 72.2 Å². The van der Waals surface area contributed by atoms with E-state index in [0.29, 0.717) is 30.8 Å². The van der Waals surface area contributed by atoms with Crippen molar-refractivity contribution in [1.82, 2.24) is 9.78 Å². The van der Waals surface area contributed by atoms with E-state index < -0.39 is 15.9 Å². The second kappa shape index (κ2) is 6.03. The zero-order valence-corrected chi connectivity index (χ0v) is 13.4. The van der Waals surface area contributed by atoms with E-state index >= 15 is 0 Å². The van der Waals surface area contributed by atoms with Gasteiger partial charge in [-0.3, -0.25) is 4.68 Å². The first kappa shape index (κ1) is 15.8. The Balaban J connectivity index is 2.00. The van der Waals surface area contributed by atoms with Crippen LogP contribution >= 0.6 is 11.6 Å². The Morgan fingerprint density at radius 1 is 1.55 bits per heavy atom. The molecule has 114 valence electrons. The van der Waals surface area contributed by atoms with Gasteiger partial charge in [-0.15, -0.1) is 0 Å². The van der Waals surface area contributed by atoms with E-state index in [1.54, 1.807) is 4.68 Å². The number of hydrogen-bond donors (Lipinski definition) is 1. The van der Waals surface area contributed by atoms with Crippen molar-refractivity contribution in [3.05, 3.63) is 16.4 Å². The highest BCUT2D eigenvalue weighted by Gasteiger charge is 2.30. The second-order valence-corrected chi connectivity index (χ2v) is 8.13. The van der Waals surface area contributed by atoms with Crippen molar-refractivity contribution < 1.29 is 13.5 Å². The lowest BCUT2D eigenvalue weighted by Gasteiger charge is -2.15. The Hall–Kier alpha value is -0.590. The summed E-state index contributed by atoms with van der Waals surface area (Å²) in [4.78, 5) is 0. The zero-order valence-electron chi connectivity index (χ0n) is 11.8. The van der Waals surface area contributed by atoms with Crippen molar-refractivity contribution in [2.45, 2.75) is 45.8 Å². The summed E-state index contributed by atoms with van der Waals surface area (Å²) in [5.41, 5.74) is 1.60. The molecule has 0 radical (unpaired) electrons. The first-order valence-electron chi connectivity index (χ1n) is 6.92. The van der Waals surface area contributed by atoms with Crippen molar-refractivity contribution >= 4 is 21.4 Å². The summed E-state index contributed by atoms with van der Waals surface area (Å²) < 4.78 is 24.6. The van der Waals surface area contributed by atoms with Crippen molar-refractivity contribution in [2.75, 3.05) is 11.5 Å². The summed E-state index contributed by atoms with van der Waals surface area (Å²) in [5.74, 6) is 0.508. The number of hydrogen-bond acceptors (Lipinski definition) is 4. The molecule has 2 heterocycles. The molecule has 0 aliphatic carbocycles. The van der Waals surface area contributed by atoms with Crippen molar-refractivity contribution in [1.29, 1.82) is 0 Å². The van der Waals surface area contributed by atoms with Crippen molar-refractivity contribution in [3.8, 4) is 0 Å². The van der Waals surface area contributed by atoms with Gasteiger partial charge in [-0.1, -0.05) is 11.6 Å². The average Bonchev–Trinajstić information content (AvgIpc) is 2.83. The zero-order chi connectivity index (χ0) is 14.9. The normalized spacial score (nSPS) is 23.1. The van der Waals surface area contributed by atoms with Crippen molar-refractivity contribution in [2.24, 2.45) is 5.92 Å². The predicted molar refractivity (Wildman–Crippen MR) is 78.7 cm³/mol. The highest BCUT2D eigenvalue weighted by molar-refractivity contribution is 7.91. The second-order valence-electron chi connectivity index (χ2n) is 5.52. The molecule has 1 saturated heterocycles. The minimum Gasteiger partial charge on any atom is -0.393 e. The maximum Gasteiger partial charge on any atom is 0.150 e. The average molecular weight is 321 g/mol. The van der Waals surface area contributed by atoms with Crippen LogP contribution in [-0.2, 0) is 22.8 Å². The van der Waals surface area contributed by atoms with Crippen LogP contribution in [0.5, 0.6) is 0 Å². The fourth-order valence-corrected chi connectivity index (χ4v) is 4.91. The summed E-state index contributed by atoms with van der Waals surface area (Å²) in [7, 11) is -2.89. The molecule has 2 rings (SSSR count). The molecule has 1 aromatic rings. The highest BCUT2D eigenvalue weighted by Crippen LogP contribution is 2.26. The summed E-state index contributed by atoms with van der Waals surface area (Å²) in [6, 6.07) is 0. The lowest BCUT2D eigenvalue weighted by Crippen LogP contribution is -2.19. The van der Waals surface area contributed by atoms with E-state index in [1.165, 1.54) is 0 Å². The number of aromatic nitrogens is 2. The summed E-state index contributed by atoms with van der Waals surface area (Å²) >= 11 is 6.21. The molecule has 1 N–H and O–H groups in total. The molecule has 0 saturated carbocycles. The number of sulfone groups is 1. The van der Waals surface area contributed by atoms with Gasteiger partial charge in [0.1, 0.15) is 0 Å². The van der Waals surface area contributed by atoms with Crippen molar-refractivity contribution in [3.63, 3.8) is 0 Å². The number of aryl methyl sites for hydroxylation is 2. The maximum atomic E-state index is 11.4. The summed E-state index contributed by atoms with van der Waals surface area (Å²) in [5, 5.41) is 15.1. The smallest absolute Gasteiger partial charge is 0.150 e. The number of aliphatic hydroxyl groups is 1. The monoisotopic (exact) mass is 320 g/mol. The van der Waals surface area contributed by atoms with Gasteiger partial charge in [0.25, 0.3) is 0 Å². The Morgan fingerprint density at radius 3 is 2.80 bits per heavy atom. The van der Waals surface area contributed by atoms with Gasteiger partial charge in [-0.25, -0.2) is 8.42 Å². The number of rotatable bonds is 5. The molecule has 1 aliphatic rings. The minimum atomic E-state index is -2.89. The summed E-state index contributed by atoms with van der Waals surface area (Å²) in [6.45, 7) is 4.52. The van der Waals surface area contributed by atoms with E-state index in [-0.39, 0.29) is 17.4 Å². The van der Waals surface area contributed by atoms with Crippen LogP contribution in [0.1, 0.15) is 31.2 Å². The van der Waals surface area contributed by atoms with Gasteiger partial charge in [0.15, 0.2) is 9.84 Å². The van der Waals surface area contributed by atoms with Crippen LogP contribution in [0.3, 0.4) is 0 Å².